The Hall–Kier alpha value is -1.29. The second-order valence-electron chi connectivity index (χ2n) is 2.82. The Bertz CT molecular complexity index is 234. The van der Waals surface area contributed by atoms with Gasteiger partial charge in [-0.15, -0.1) is 0 Å². The van der Waals surface area contributed by atoms with Gasteiger partial charge in [-0.2, -0.15) is 0 Å². The van der Waals surface area contributed by atoms with Crippen LogP contribution in [-0.2, 0) is 4.79 Å². The molecule has 0 atom stereocenters. The summed E-state index contributed by atoms with van der Waals surface area (Å²) < 4.78 is 0. The van der Waals surface area contributed by atoms with Crippen LogP contribution in [0.15, 0.2) is 18.6 Å². The Morgan fingerprint density at radius 3 is 2.29 bits per heavy atom. The Morgan fingerprint density at radius 1 is 1.50 bits per heavy atom. The summed E-state index contributed by atoms with van der Waals surface area (Å²) in [5, 5.41) is 0. The molecular weight excluding hydrogens is 178 g/mol. The number of carbonyl (C=O) groups is 1. The number of hydrogen-bond acceptors (Lipinski definition) is 4. The van der Waals surface area contributed by atoms with Crippen LogP contribution in [0, 0.1) is 12.8 Å². The van der Waals surface area contributed by atoms with Gasteiger partial charge in [-0.3, -0.25) is 0 Å². The van der Waals surface area contributed by atoms with Crippen LogP contribution >= 0.6 is 0 Å². The third-order valence-electron chi connectivity index (χ3n) is 1.54. The van der Waals surface area contributed by atoms with E-state index < -0.39 is 0 Å². The molecule has 4 nitrogen and oxygen atoms in total. The van der Waals surface area contributed by atoms with Gasteiger partial charge in [0, 0.05) is 17.8 Å². The number of hydrogen-bond donors (Lipinski definition) is 1. The van der Waals surface area contributed by atoms with Gasteiger partial charge in [0.05, 0.1) is 0 Å². The Kier molecular flexibility index (Phi) is 7.55. The molecule has 1 heterocycles. The van der Waals surface area contributed by atoms with Crippen LogP contribution in [0.5, 0.6) is 0 Å². The highest BCUT2D eigenvalue weighted by Crippen LogP contribution is 2.25. The van der Waals surface area contributed by atoms with Gasteiger partial charge < -0.3 is 10.5 Å². The minimum absolute atomic E-state index is 0.454. The molecule has 0 radical (unpaired) electrons. The van der Waals surface area contributed by atoms with E-state index in [-0.39, 0.29) is 0 Å². The Labute approximate surface area is 84.6 Å². The minimum Gasteiger partial charge on any atom is -0.333 e. The zero-order valence-electron chi connectivity index (χ0n) is 8.68. The van der Waals surface area contributed by atoms with Gasteiger partial charge in [0.25, 0.3) is 0 Å². The number of nitrogens with zero attached hydrogens (tertiary/aromatic N) is 2. The van der Waals surface area contributed by atoms with Crippen molar-refractivity contribution in [2.24, 2.45) is 11.7 Å². The van der Waals surface area contributed by atoms with Gasteiger partial charge in [0.2, 0.25) is 0 Å². The predicted molar refractivity (Wildman–Crippen MR) is 55.7 cm³/mol. The van der Waals surface area contributed by atoms with Gasteiger partial charge in [-0.1, -0.05) is 0 Å². The molecule has 4 heteroatoms. The summed E-state index contributed by atoms with van der Waals surface area (Å²) in [6, 6.07) is 1.86. The monoisotopic (exact) mass is 195 g/mol. The average molecular weight is 195 g/mol. The maximum Gasteiger partial charge on any atom is 0.123 e. The number of nitrogens with two attached hydrogens (primary N) is 1. The lowest BCUT2D eigenvalue weighted by molar-refractivity contribution is -0.108. The van der Waals surface area contributed by atoms with Crippen molar-refractivity contribution in [2.45, 2.75) is 19.8 Å². The molecule has 0 spiro atoms. The molecule has 1 saturated carbocycles. The third-order valence-corrected chi connectivity index (χ3v) is 1.54. The highest BCUT2D eigenvalue weighted by molar-refractivity contribution is 5.56. The molecule has 0 amide bonds. The van der Waals surface area contributed by atoms with Crippen LogP contribution in [0.25, 0.3) is 0 Å². The molecule has 1 fully saturated rings. The van der Waals surface area contributed by atoms with Gasteiger partial charge in [-0.25, -0.2) is 9.97 Å². The molecule has 1 aromatic heterocycles. The molecule has 0 saturated heterocycles. The van der Waals surface area contributed by atoms with Crippen LogP contribution in [0.3, 0.4) is 0 Å². The SMILES string of the molecule is CN.Cc1ccncn1.O=CC1CC1. The van der Waals surface area contributed by atoms with Crippen molar-refractivity contribution in [1.29, 1.82) is 0 Å². The maximum atomic E-state index is 9.57. The minimum atomic E-state index is 0.454. The number of aromatic nitrogens is 2. The summed E-state index contributed by atoms with van der Waals surface area (Å²) in [6.07, 6.45) is 6.57. The van der Waals surface area contributed by atoms with Gasteiger partial charge >= 0.3 is 0 Å². The number of rotatable bonds is 1. The van der Waals surface area contributed by atoms with Crippen molar-refractivity contribution in [1.82, 2.24) is 9.97 Å². The van der Waals surface area contributed by atoms with Crippen molar-refractivity contribution >= 4 is 6.29 Å². The van der Waals surface area contributed by atoms with E-state index in [1.54, 1.807) is 6.20 Å². The third kappa shape index (κ3) is 7.36. The smallest absolute Gasteiger partial charge is 0.123 e. The van der Waals surface area contributed by atoms with Crippen molar-refractivity contribution in [3.63, 3.8) is 0 Å². The molecule has 0 unspecified atom stereocenters. The molecule has 0 bridgehead atoms. The first-order chi connectivity index (χ1) is 6.83. The molecular formula is C10H17N3O. The van der Waals surface area contributed by atoms with Crippen molar-refractivity contribution in [3.8, 4) is 0 Å². The first-order valence-electron chi connectivity index (χ1n) is 4.58. The molecule has 2 N–H and O–H groups in total. The standard InChI is InChI=1S/C5H6N2.C4H6O.CH5N/c1-5-2-3-6-4-7-5;5-3-4-1-2-4;1-2/h2-4H,1H3;3-4H,1-2H2;2H2,1H3. The lowest BCUT2D eigenvalue weighted by Gasteiger charge is -1.81. The molecule has 0 aliphatic heterocycles. The normalized spacial score (nSPS) is 12.8. The highest BCUT2D eigenvalue weighted by atomic mass is 16.1. The van der Waals surface area contributed by atoms with E-state index in [1.165, 1.54) is 13.4 Å². The summed E-state index contributed by atoms with van der Waals surface area (Å²) in [5.74, 6) is 0.454. The lowest BCUT2D eigenvalue weighted by atomic mass is 10.5. The summed E-state index contributed by atoms with van der Waals surface area (Å²) in [5.41, 5.74) is 5.51. The molecule has 2 rings (SSSR count). The van der Waals surface area contributed by atoms with E-state index >= 15 is 0 Å². The number of carbonyl (C=O) groups excluding carboxylic acids is 1. The Morgan fingerprint density at radius 2 is 2.14 bits per heavy atom. The van der Waals surface area contributed by atoms with Crippen LogP contribution in [0.4, 0.5) is 0 Å². The fraction of sp³-hybridized carbons (Fsp3) is 0.500. The second kappa shape index (κ2) is 8.31. The molecule has 1 aliphatic rings. The van der Waals surface area contributed by atoms with Crippen molar-refractivity contribution in [3.05, 3.63) is 24.3 Å². The van der Waals surface area contributed by atoms with Gasteiger partial charge in [-0.05, 0) is 32.9 Å². The van der Waals surface area contributed by atoms with Crippen LogP contribution < -0.4 is 5.73 Å². The summed E-state index contributed by atoms with van der Waals surface area (Å²) >= 11 is 0. The topological polar surface area (TPSA) is 68.9 Å². The number of aryl methyl sites for hydroxylation is 1. The fourth-order valence-corrected chi connectivity index (χ4v) is 0.589. The van der Waals surface area contributed by atoms with E-state index in [1.807, 2.05) is 13.0 Å². The average Bonchev–Trinajstić information content (AvgIpc) is 3.06. The highest BCUT2D eigenvalue weighted by Gasteiger charge is 2.18. The largest absolute Gasteiger partial charge is 0.333 e. The van der Waals surface area contributed by atoms with Gasteiger partial charge in [0.1, 0.15) is 12.6 Å². The van der Waals surface area contributed by atoms with E-state index in [4.69, 9.17) is 0 Å². The summed E-state index contributed by atoms with van der Waals surface area (Å²) in [4.78, 5) is 17.2. The van der Waals surface area contributed by atoms with Crippen LogP contribution in [0.1, 0.15) is 18.5 Å². The zero-order chi connectivity index (χ0) is 10.8. The maximum absolute atomic E-state index is 9.57. The van der Waals surface area contributed by atoms with Crippen molar-refractivity contribution < 1.29 is 4.79 Å². The molecule has 0 aromatic carbocycles. The van der Waals surface area contributed by atoms with E-state index in [9.17, 15) is 4.79 Å². The fourth-order valence-electron chi connectivity index (χ4n) is 0.589. The van der Waals surface area contributed by atoms with E-state index in [0.717, 1.165) is 24.8 Å². The van der Waals surface area contributed by atoms with Gasteiger partial charge in [0.15, 0.2) is 0 Å². The predicted octanol–water partition coefficient (Wildman–Crippen LogP) is 0.955. The molecule has 14 heavy (non-hydrogen) atoms. The summed E-state index contributed by atoms with van der Waals surface area (Å²) in [7, 11) is 1.50. The Balaban J connectivity index is 0.000000213. The first-order valence-corrected chi connectivity index (χ1v) is 4.58. The van der Waals surface area contributed by atoms with E-state index in [2.05, 4.69) is 15.7 Å². The van der Waals surface area contributed by atoms with E-state index in [0.29, 0.717) is 5.92 Å². The second-order valence-corrected chi connectivity index (χ2v) is 2.82. The quantitative estimate of drug-likeness (QED) is 0.677. The zero-order valence-corrected chi connectivity index (χ0v) is 8.68. The van der Waals surface area contributed by atoms with Crippen molar-refractivity contribution in [2.75, 3.05) is 7.05 Å². The van der Waals surface area contributed by atoms with Crippen LogP contribution in [-0.4, -0.2) is 23.3 Å². The summed E-state index contributed by atoms with van der Waals surface area (Å²) in [6.45, 7) is 1.93. The molecule has 78 valence electrons. The lowest BCUT2D eigenvalue weighted by Crippen LogP contribution is -1.77. The molecule has 1 aromatic rings. The first kappa shape index (κ1) is 12.7. The van der Waals surface area contributed by atoms with Crippen LogP contribution in [0.2, 0.25) is 0 Å². The number of aldehydes is 1. The molecule has 1 aliphatic carbocycles.